The topological polar surface area (TPSA) is 54.0 Å². The minimum atomic E-state index is -2.65. The molecule has 27 heavy (non-hydrogen) atoms. The maximum absolute atomic E-state index is 12.9. The summed E-state index contributed by atoms with van der Waals surface area (Å²) in [6, 6.07) is 18.4. The highest BCUT2D eigenvalue weighted by Crippen LogP contribution is 2.29. The van der Waals surface area contributed by atoms with Crippen molar-refractivity contribution in [2.45, 2.75) is 12.5 Å². The zero-order valence-electron chi connectivity index (χ0n) is 15.9. The maximum atomic E-state index is 12.9. The molecule has 3 rings (SSSR count). The molecular formula is C21H24O5Si. The third kappa shape index (κ3) is 4.04. The van der Waals surface area contributed by atoms with E-state index in [0.29, 0.717) is 18.0 Å². The number of hydrogen-bond acceptors (Lipinski definition) is 5. The molecule has 6 heteroatoms. The molecule has 0 aliphatic heterocycles. The molecule has 0 aliphatic rings. The molecule has 3 aromatic carbocycles. The Kier molecular flexibility index (Phi) is 6.23. The first-order valence-corrected chi connectivity index (χ1v) is 10.8. The summed E-state index contributed by atoms with van der Waals surface area (Å²) in [4.78, 5) is 12.9. The molecule has 0 N–H and O–H groups in total. The highest BCUT2D eigenvalue weighted by atomic mass is 28.4. The van der Waals surface area contributed by atoms with Crippen LogP contribution in [0, 0.1) is 0 Å². The zero-order chi connectivity index (χ0) is 19.3. The van der Waals surface area contributed by atoms with Gasteiger partial charge in [0.05, 0.1) is 12.2 Å². The van der Waals surface area contributed by atoms with Crippen LogP contribution in [0.25, 0.3) is 21.5 Å². The number of carbonyl (C=O) groups excluding carboxylic acids is 1. The van der Waals surface area contributed by atoms with Crippen molar-refractivity contribution in [1.29, 1.82) is 0 Å². The summed E-state index contributed by atoms with van der Waals surface area (Å²) in [6.45, 7) is 0.279. The first-order valence-electron chi connectivity index (χ1n) is 8.87. The van der Waals surface area contributed by atoms with Gasteiger partial charge >= 0.3 is 14.8 Å². The summed E-state index contributed by atoms with van der Waals surface area (Å²) >= 11 is 0. The number of fused-ring (bicyclic) bond motifs is 2. The summed E-state index contributed by atoms with van der Waals surface area (Å²) in [7, 11) is 2.08. The fourth-order valence-corrected chi connectivity index (χ4v) is 5.01. The first-order chi connectivity index (χ1) is 13.1. The molecule has 0 unspecified atom stereocenters. The minimum Gasteiger partial charge on any atom is -0.462 e. The second-order valence-corrected chi connectivity index (χ2v) is 9.32. The molecule has 0 heterocycles. The lowest BCUT2D eigenvalue weighted by Crippen LogP contribution is -2.42. The van der Waals surface area contributed by atoms with E-state index in [0.717, 1.165) is 21.5 Å². The fraction of sp³-hybridized carbons (Fsp3) is 0.286. The molecular weight excluding hydrogens is 360 g/mol. The van der Waals surface area contributed by atoms with Gasteiger partial charge in [-0.05, 0) is 34.0 Å². The summed E-state index contributed by atoms with van der Waals surface area (Å²) in [6.07, 6.45) is 0.607. The normalized spacial score (nSPS) is 11.8. The highest BCUT2D eigenvalue weighted by molar-refractivity contribution is 6.60. The molecule has 0 bridgehead atoms. The van der Waals surface area contributed by atoms with Crippen molar-refractivity contribution in [3.63, 3.8) is 0 Å². The third-order valence-electron chi connectivity index (χ3n) is 4.77. The van der Waals surface area contributed by atoms with Gasteiger partial charge in [0.1, 0.15) is 0 Å². The highest BCUT2D eigenvalue weighted by Gasteiger charge is 2.37. The number of esters is 1. The van der Waals surface area contributed by atoms with Crippen molar-refractivity contribution in [3.8, 4) is 0 Å². The number of carbonyl (C=O) groups is 1. The maximum Gasteiger partial charge on any atom is 0.500 e. The standard InChI is InChI=1S/C21H24O5Si/c1-23-27(24-2,25-3)14-8-13-26-21(22)20-18-11-6-4-9-16(18)15-17-10-5-7-12-19(17)20/h4-7,9-12,15H,8,13-14H2,1-3H3. The van der Waals surface area contributed by atoms with Crippen LogP contribution in [0.15, 0.2) is 54.6 Å². The van der Waals surface area contributed by atoms with Crippen LogP contribution in [-0.2, 0) is 18.0 Å². The van der Waals surface area contributed by atoms with Crippen LogP contribution in [0.1, 0.15) is 16.8 Å². The van der Waals surface area contributed by atoms with E-state index in [1.807, 2.05) is 48.5 Å². The molecule has 0 amide bonds. The molecule has 0 aliphatic carbocycles. The molecule has 0 spiro atoms. The Morgan fingerprint density at radius 2 is 1.37 bits per heavy atom. The molecule has 142 valence electrons. The monoisotopic (exact) mass is 384 g/mol. The van der Waals surface area contributed by atoms with Gasteiger partial charge in [-0.2, -0.15) is 0 Å². The van der Waals surface area contributed by atoms with Crippen LogP contribution in [0.3, 0.4) is 0 Å². The molecule has 3 aromatic rings. The van der Waals surface area contributed by atoms with Crippen LogP contribution in [-0.4, -0.2) is 42.7 Å². The fourth-order valence-electron chi connectivity index (χ4n) is 3.32. The van der Waals surface area contributed by atoms with Crippen molar-refractivity contribution >= 4 is 36.3 Å². The molecule has 0 atom stereocenters. The predicted molar refractivity (Wildman–Crippen MR) is 108 cm³/mol. The quantitative estimate of drug-likeness (QED) is 0.249. The Morgan fingerprint density at radius 1 is 0.852 bits per heavy atom. The Labute approximate surface area is 160 Å². The average Bonchev–Trinajstić information content (AvgIpc) is 2.72. The van der Waals surface area contributed by atoms with Gasteiger partial charge in [-0.25, -0.2) is 4.79 Å². The van der Waals surface area contributed by atoms with Gasteiger partial charge in [-0.1, -0.05) is 48.5 Å². The Bertz CT molecular complexity index is 874. The largest absolute Gasteiger partial charge is 0.500 e. The van der Waals surface area contributed by atoms with Gasteiger partial charge in [0.2, 0.25) is 0 Å². The van der Waals surface area contributed by atoms with Crippen LogP contribution >= 0.6 is 0 Å². The average molecular weight is 385 g/mol. The van der Waals surface area contributed by atoms with E-state index >= 15 is 0 Å². The Hall–Kier alpha value is -2.25. The third-order valence-corrected chi connectivity index (χ3v) is 7.60. The first kappa shape index (κ1) is 19.5. The summed E-state index contributed by atoms with van der Waals surface area (Å²) in [5, 5.41) is 3.84. The molecule has 0 saturated carbocycles. The lowest BCUT2D eigenvalue weighted by atomic mass is 9.97. The van der Waals surface area contributed by atoms with Gasteiger partial charge in [0.15, 0.2) is 0 Å². The molecule has 0 aromatic heterocycles. The van der Waals surface area contributed by atoms with E-state index in [4.69, 9.17) is 18.0 Å². The van der Waals surface area contributed by atoms with Gasteiger partial charge in [-0.15, -0.1) is 0 Å². The van der Waals surface area contributed by atoms with Crippen LogP contribution in [0.4, 0.5) is 0 Å². The van der Waals surface area contributed by atoms with E-state index in [1.165, 1.54) is 0 Å². The van der Waals surface area contributed by atoms with Gasteiger partial charge < -0.3 is 18.0 Å². The molecule has 5 nitrogen and oxygen atoms in total. The van der Waals surface area contributed by atoms with Crippen molar-refractivity contribution in [2.24, 2.45) is 0 Å². The predicted octanol–water partition coefficient (Wildman–Crippen LogP) is 4.42. The molecule has 0 radical (unpaired) electrons. The van der Waals surface area contributed by atoms with Gasteiger partial charge in [0, 0.05) is 27.4 Å². The van der Waals surface area contributed by atoms with Crippen LogP contribution in [0.5, 0.6) is 0 Å². The van der Waals surface area contributed by atoms with Crippen molar-refractivity contribution in [2.75, 3.05) is 27.9 Å². The Balaban J connectivity index is 1.81. The summed E-state index contributed by atoms with van der Waals surface area (Å²) in [5.74, 6) is -0.317. The lowest BCUT2D eigenvalue weighted by Gasteiger charge is -2.24. The molecule has 0 fully saturated rings. The van der Waals surface area contributed by atoms with E-state index in [-0.39, 0.29) is 12.6 Å². The van der Waals surface area contributed by atoms with Gasteiger partial charge in [-0.3, -0.25) is 0 Å². The van der Waals surface area contributed by atoms with Crippen LogP contribution in [0.2, 0.25) is 6.04 Å². The number of rotatable bonds is 8. The number of hydrogen-bond donors (Lipinski definition) is 0. The van der Waals surface area contributed by atoms with E-state index < -0.39 is 8.80 Å². The second kappa shape index (κ2) is 8.62. The molecule has 0 saturated heterocycles. The van der Waals surface area contributed by atoms with E-state index in [1.54, 1.807) is 21.3 Å². The van der Waals surface area contributed by atoms with E-state index in [9.17, 15) is 4.79 Å². The van der Waals surface area contributed by atoms with Crippen LogP contribution < -0.4 is 0 Å². The van der Waals surface area contributed by atoms with Crippen molar-refractivity contribution in [3.05, 3.63) is 60.2 Å². The summed E-state index contributed by atoms with van der Waals surface area (Å²) < 4.78 is 21.8. The summed E-state index contributed by atoms with van der Waals surface area (Å²) in [5.41, 5.74) is 0.609. The van der Waals surface area contributed by atoms with E-state index in [2.05, 4.69) is 6.07 Å². The van der Waals surface area contributed by atoms with Crippen molar-refractivity contribution in [1.82, 2.24) is 0 Å². The zero-order valence-corrected chi connectivity index (χ0v) is 16.9. The Morgan fingerprint density at radius 3 is 1.89 bits per heavy atom. The smallest absolute Gasteiger partial charge is 0.462 e. The minimum absolute atomic E-state index is 0.279. The SMILES string of the molecule is CO[Si](CCCOC(=O)c1c2ccccc2cc2ccccc12)(OC)OC. The number of benzene rings is 3. The second-order valence-electron chi connectivity index (χ2n) is 6.23. The number of ether oxygens (including phenoxy) is 1. The van der Waals surface area contributed by atoms with Gasteiger partial charge in [0.25, 0.3) is 0 Å². The lowest BCUT2D eigenvalue weighted by molar-refractivity contribution is 0.0497. The van der Waals surface area contributed by atoms with Crippen molar-refractivity contribution < 1.29 is 22.8 Å².